The number of ketones is 1. The molecule has 0 saturated carbocycles. The lowest BCUT2D eigenvalue weighted by Gasteiger charge is -2.11. The zero-order valence-corrected chi connectivity index (χ0v) is 16.7. The molecule has 0 bridgehead atoms. The van der Waals surface area contributed by atoms with E-state index in [0.29, 0.717) is 22.1 Å². The summed E-state index contributed by atoms with van der Waals surface area (Å²) in [6.07, 6.45) is 4.41. The molecule has 3 rings (SSSR count). The molecule has 8 heteroatoms. The van der Waals surface area contributed by atoms with Crippen LogP contribution in [-0.4, -0.2) is 26.2 Å². The molecule has 0 spiro atoms. The molecule has 3 aromatic rings. The summed E-state index contributed by atoms with van der Waals surface area (Å²) in [6, 6.07) is 5.26. The van der Waals surface area contributed by atoms with Crippen molar-refractivity contribution < 1.29 is 9.59 Å². The highest BCUT2D eigenvalue weighted by Gasteiger charge is 2.15. The SMILES string of the molecule is CC(=O)c1cccc(Br)c1NC(=O)CCc1nc(-c2nccs2)cn1C. The number of rotatable bonds is 6. The molecule has 0 aliphatic heterocycles. The lowest BCUT2D eigenvalue weighted by molar-refractivity contribution is -0.116. The summed E-state index contributed by atoms with van der Waals surface area (Å²) >= 11 is 4.91. The molecule has 0 radical (unpaired) electrons. The van der Waals surface area contributed by atoms with Crippen LogP contribution in [0.2, 0.25) is 0 Å². The first-order valence-electron chi connectivity index (χ1n) is 7.97. The highest BCUT2D eigenvalue weighted by molar-refractivity contribution is 9.10. The van der Waals surface area contributed by atoms with Crippen molar-refractivity contribution >= 4 is 44.6 Å². The van der Waals surface area contributed by atoms with E-state index in [0.717, 1.165) is 16.5 Å². The third-order valence-corrected chi connectivity index (χ3v) is 5.31. The van der Waals surface area contributed by atoms with Crippen LogP contribution in [0.1, 0.15) is 29.5 Å². The van der Waals surface area contributed by atoms with Crippen molar-refractivity contribution in [2.45, 2.75) is 19.8 Å². The molecule has 0 saturated heterocycles. The van der Waals surface area contributed by atoms with E-state index >= 15 is 0 Å². The van der Waals surface area contributed by atoms with Crippen LogP contribution in [0.15, 0.2) is 40.4 Å². The van der Waals surface area contributed by atoms with Crippen molar-refractivity contribution in [1.29, 1.82) is 0 Å². The number of aromatic nitrogens is 3. The first-order valence-corrected chi connectivity index (χ1v) is 9.64. The van der Waals surface area contributed by atoms with Crippen molar-refractivity contribution in [3.8, 4) is 10.7 Å². The van der Waals surface area contributed by atoms with Crippen molar-refractivity contribution in [1.82, 2.24) is 14.5 Å². The topological polar surface area (TPSA) is 76.9 Å². The van der Waals surface area contributed by atoms with Crippen LogP contribution in [-0.2, 0) is 18.3 Å². The van der Waals surface area contributed by atoms with Crippen molar-refractivity contribution in [3.63, 3.8) is 0 Å². The summed E-state index contributed by atoms with van der Waals surface area (Å²) in [7, 11) is 1.90. The van der Waals surface area contributed by atoms with E-state index < -0.39 is 0 Å². The molecule has 0 atom stereocenters. The molecule has 134 valence electrons. The van der Waals surface area contributed by atoms with Gasteiger partial charge in [-0.15, -0.1) is 11.3 Å². The van der Waals surface area contributed by atoms with Gasteiger partial charge < -0.3 is 9.88 Å². The molecule has 0 unspecified atom stereocenters. The van der Waals surface area contributed by atoms with Crippen molar-refractivity contribution in [2.24, 2.45) is 7.05 Å². The summed E-state index contributed by atoms with van der Waals surface area (Å²) in [5.74, 6) is 0.543. The predicted octanol–water partition coefficient (Wildman–Crippen LogP) is 4.08. The van der Waals surface area contributed by atoms with Gasteiger partial charge in [0.1, 0.15) is 16.5 Å². The van der Waals surface area contributed by atoms with Crippen LogP contribution in [0, 0.1) is 0 Å². The van der Waals surface area contributed by atoms with Gasteiger partial charge in [0.25, 0.3) is 0 Å². The number of carbonyl (C=O) groups excluding carboxylic acids is 2. The van der Waals surface area contributed by atoms with Gasteiger partial charge in [-0.3, -0.25) is 9.59 Å². The van der Waals surface area contributed by atoms with E-state index in [1.165, 1.54) is 18.3 Å². The zero-order valence-electron chi connectivity index (χ0n) is 14.3. The van der Waals surface area contributed by atoms with Crippen molar-refractivity contribution in [3.05, 3.63) is 51.8 Å². The van der Waals surface area contributed by atoms with E-state index in [9.17, 15) is 9.59 Å². The Morgan fingerprint density at radius 1 is 1.35 bits per heavy atom. The van der Waals surface area contributed by atoms with Gasteiger partial charge in [-0.05, 0) is 35.0 Å². The number of halogens is 1. The number of para-hydroxylation sites is 1. The molecule has 26 heavy (non-hydrogen) atoms. The van der Waals surface area contributed by atoms with E-state index in [-0.39, 0.29) is 18.1 Å². The van der Waals surface area contributed by atoms with E-state index in [2.05, 4.69) is 31.2 Å². The molecule has 1 amide bonds. The number of imidazole rings is 1. The number of thiazole rings is 1. The normalized spacial score (nSPS) is 10.7. The maximum Gasteiger partial charge on any atom is 0.224 e. The maximum absolute atomic E-state index is 12.4. The highest BCUT2D eigenvalue weighted by atomic mass is 79.9. The van der Waals surface area contributed by atoms with Crippen LogP contribution in [0.3, 0.4) is 0 Å². The number of anilines is 1. The largest absolute Gasteiger partial charge is 0.337 e. The summed E-state index contributed by atoms with van der Waals surface area (Å²) < 4.78 is 2.59. The summed E-state index contributed by atoms with van der Waals surface area (Å²) in [5, 5.41) is 5.59. The monoisotopic (exact) mass is 432 g/mol. The van der Waals surface area contributed by atoms with Gasteiger partial charge in [0, 0.05) is 47.7 Å². The third kappa shape index (κ3) is 4.08. The fourth-order valence-corrected chi connectivity index (χ4v) is 3.62. The third-order valence-electron chi connectivity index (χ3n) is 3.86. The molecule has 0 aliphatic rings. The molecular weight excluding hydrogens is 416 g/mol. The molecule has 1 aromatic carbocycles. The number of hydrogen-bond donors (Lipinski definition) is 1. The summed E-state index contributed by atoms with van der Waals surface area (Å²) in [6.45, 7) is 1.48. The Morgan fingerprint density at radius 2 is 2.15 bits per heavy atom. The number of nitrogens with zero attached hydrogens (tertiary/aromatic N) is 3. The van der Waals surface area contributed by atoms with Gasteiger partial charge in [0.05, 0.1) is 5.69 Å². The Bertz CT molecular complexity index is 950. The Labute approximate surface area is 163 Å². The van der Waals surface area contributed by atoms with E-state index in [1.54, 1.807) is 24.4 Å². The summed E-state index contributed by atoms with van der Waals surface area (Å²) in [5.41, 5.74) is 1.80. The van der Waals surface area contributed by atoms with Gasteiger partial charge in [-0.1, -0.05) is 6.07 Å². The second-order valence-electron chi connectivity index (χ2n) is 5.76. The summed E-state index contributed by atoms with van der Waals surface area (Å²) in [4.78, 5) is 32.9. The minimum absolute atomic E-state index is 0.0983. The minimum Gasteiger partial charge on any atom is -0.337 e. The number of Topliss-reactive ketones (excluding diaryl/α,β-unsaturated/α-hetero) is 1. The zero-order chi connectivity index (χ0) is 18.7. The molecule has 0 fully saturated rings. The van der Waals surface area contributed by atoms with Crippen molar-refractivity contribution in [2.75, 3.05) is 5.32 Å². The Kier molecular flexibility index (Phi) is 5.63. The van der Waals surface area contributed by atoms with Gasteiger partial charge in [0.15, 0.2) is 5.78 Å². The average Bonchev–Trinajstić information content (AvgIpc) is 3.24. The quantitative estimate of drug-likeness (QED) is 0.595. The molecule has 2 heterocycles. The first kappa shape index (κ1) is 18.5. The van der Waals surface area contributed by atoms with Gasteiger partial charge in [-0.2, -0.15) is 0 Å². The van der Waals surface area contributed by atoms with Crippen LogP contribution in [0.5, 0.6) is 0 Å². The Hall–Kier alpha value is -2.32. The number of benzene rings is 1. The second-order valence-corrected chi connectivity index (χ2v) is 7.51. The number of hydrogen-bond acceptors (Lipinski definition) is 5. The fourth-order valence-electron chi connectivity index (χ4n) is 2.56. The smallest absolute Gasteiger partial charge is 0.224 e. The first-order chi connectivity index (χ1) is 12.5. The fraction of sp³-hybridized carbons (Fsp3) is 0.222. The number of amides is 1. The number of aryl methyl sites for hydroxylation is 2. The van der Waals surface area contributed by atoms with Crippen LogP contribution in [0.25, 0.3) is 10.7 Å². The Morgan fingerprint density at radius 3 is 2.85 bits per heavy atom. The molecule has 0 aliphatic carbocycles. The van der Waals surface area contributed by atoms with E-state index in [4.69, 9.17) is 0 Å². The van der Waals surface area contributed by atoms with Gasteiger partial charge >= 0.3 is 0 Å². The number of carbonyl (C=O) groups is 2. The molecular formula is C18H17BrN4O2S. The second kappa shape index (κ2) is 7.92. The van der Waals surface area contributed by atoms with Gasteiger partial charge in [-0.25, -0.2) is 9.97 Å². The highest BCUT2D eigenvalue weighted by Crippen LogP contribution is 2.27. The minimum atomic E-state index is -0.168. The predicted molar refractivity (Wildman–Crippen MR) is 105 cm³/mol. The standard InChI is InChI=1S/C18H17BrN4O2S/c1-11(24)12-4-3-5-13(19)17(12)22-16(25)7-6-15-21-14(10-23(15)2)18-20-8-9-26-18/h3-5,8-10H,6-7H2,1-2H3,(H,22,25). The van der Waals surface area contributed by atoms with Crippen LogP contribution in [0.4, 0.5) is 5.69 Å². The molecule has 2 aromatic heterocycles. The van der Waals surface area contributed by atoms with Gasteiger partial charge in [0.2, 0.25) is 5.91 Å². The number of nitrogens with one attached hydrogen (secondary N) is 1. The van der Waals surface area contributed by atoms with Crippen LogP contribution < -0.4 is 5.32 Å². The molecule has 1 N–H and O–H groups in total. The molecule has 6 nitrogen and oxygen atoms in total. The lowest BCUT2D eigenvalue weighted by Crippen LogP contribution is -2.16. The van der Waals surface area contributed by atoms with Crippen LogP contribution >= 0.6 is 27.3 Å². The Balaban J connectivity index is 1.68. The maximum atomic E-state index is 12.4. The average molecular weight is 433 g/mol. The lowest BCUT2D eigenvalue weighted by atomic mass is 10.1. The van der Waals surface area contributed by atoms with E-state index in [1.807, 2.05) is 23.2 Å².